The number of carbonyl (C=O) groups is 3. The van der Waals surface area contributed by atoms with Crippen LogP contribution in [0.4, 0.5) is 5.69 Å². The largest absolute Gasteiger partial charge is 0.482 e. The Morgan fingerprint density at radius 2 is 2.20 bits per heavy atom. The number of carboxylic acid groups (broad SMARTS) is 1. The number of hydrogen-bond donors (Lipinski definition) is 1. The molecule has 0 atom stereocenters. The van der Waals surface area contributed by atoms with Crippen LogP contribution >= 0.6 is 0 Å². The SMILES string of the molecule is CCOC(=O)c1ccc2c(c1)N(CC(=O)O)C(=O)CO2. The number of aliphatic carboxylic acids is 1. The Morgan fingerprint density at radius 1 is 1.45 bits per heavy atom. The Kier molecular flexibility index (Phi) is 3.88. The second-order valence-electron chi connectivity index (χ2n) is 4.07. The topological polar surface area (TPSA) is 93.1 Å². The smallest absolute Gasteiger partial charge is 0.338 e. The number of benzene rings is 1. The summed E-state index contributed by atoms with van der Waals surface area (Å²) in [5.74, 6) is -1.80. The molecule has 0 aromatic heterocycles. The first-order valence-electron chi connectivity index (χ1n) is 5.99. The minimum Gasteiger partial charge on any atom is -0.482 e. The molecule has 0 aliphatic carbocycles. The van der Waals surface area contributed by atoms with Crippen molar-refractivity contribution >= 4 is 23.5 Å². The Bertz CT molecular complexity index is 568. The lowest BCUT2D eigenvalue weighted by molar-refractivity contribution is -0.137. The van der Waals surface area contributed by atoms with E-state index >= 15 is 0 Å². The average molecular weight is 279 g/mol. The maximum absolute atomic E-state index is 11.7. The lowest BCUT2D eigenvalue weighted by Crippen LogP contribution is -2.42. The van der Waals surface area contributed by atoms with E-state index in [1.165, 1.54) is 18.2 Å². The fourth-order valence-electron chi connectivity index (χ4n) is 1.85. The van der Waals surface area contributed by atoms with Crippen LogP contribution in [-0.4, -0.2) is 42.7 Å². The fourth-order valence-corrected chi connectivity index (χ4v) is 1.85. The zero-order valence-corrected chi connectivity index (χ0v) is 10.8. The Morgan fingerprint density at radius 3 is 2.85 bits per heavy atom. The summed E-state index contributed by atoms with van der Waals surface area (Å²) in [5.41, 5.74) is 0.494. The molecule has 1 aromatic carbocycles. The molecule has 0 spiro atoms. The Hall–Kier alpha value is -2.57. The van der Waals surface area contributed by atoms with Gasteiger partial charge >= 0.3 is 11.9 Å². The summed E-state index contributed by atoms with van der Waals surface area (Å²) >= 11 is 0. The van der Waals surface area contributed by atoms with Crippen molar-refractivity contribution in [2.75, 3.05) is 24.7 Å². The molecule has 0 radical (unpaired) electrons. The molecule has 7 heteroatoms. The van der Waals surface area contributed by atoms with Gasteiger partial charge in [-0.15, -0.1) is 0 Å². The monoisotopic (exact) mass is 279 g/mol. The molecular weight excluding hydrogens is 266 g/mol. The standard InChI is InChI=1S/C13H13NO6/c1-2-19-13(18)8-3-4-10-9(5-8)14(6-12(16)17)11(15)7-20-10/h3-5H,2,6-7H2,1H3,(H,16,17). The predicted molar refractivity (Wildman–Crippen MR) is 67.9 cm³/mol. The first-order valence-corrected chi connectivity index (χ1v) is 5.99. The maximum Gasteiger partial charge on any atom is 0.338 e. The van der Waals surface area contributed by atoms with E-state index in [1.807, 2.05) is 0 Å². The zero-order chi connectivity index (χ0) is 14.7. The van der Waals surface area contributed by atoms with Crippen LogP contribution in [0.1, 0.15) is 17.3 Å². The van der Waals surface area contributed by atoms with Crippen molar-refractivity contribution < 1.29 is 29.0 Å². The van der Waals surface area contributed by atoms with Gasteiger partial charge in [-0.3, -0.25) is 14.5 Å². The highest BCUT2D eigenvalue weighted by Crippen LogP contribution is 2.33. The number of esters is 1. The van der Waals surface area contributed by atoms with Crippen molar-refractivity contribution in [3.8, 4) is 5.75 Å². The van der Waals surface area contributed by atoms with E-state index in [-0.39, 0.29) is 24.5 Å². The molecule has 7 nitrogen and oxygen atoms in total. The van der Waals surface area contributed by atoms with E-state index in [0.717, 1.165) is 4.90 Å². The molecule has 0 saturated carbocycles. The number of anilines is 1. The summed E-state index contributed by atoms with van der Waals surface area (Å²) < 4.78 is 10.1. The van der Waals surface area contributed by atoms with Crippen LogP contribution in [0.25, 0.3) is 0 Å². The third-order valence-electron chi connectivity index (χ3n) is 2.71. The molecule has 2 rings (SSSR count). The van der Waals surface area contributed by atoms with Gasteiger partial charge in [-0.25, -0.2) is 4.79 Å². The minimum atomic E-state index is -1.15. The minimum absolute atomic E-state index is 0.223. The van der Waals surface area contributed by atoms with Gasteiger partial charge in [0.05, 0.1) is 17.9 Å². The molecule has 1 heterocycles. The van der Waals surface area contributed by atoms with Crippen molar-refractivity contribution in [2.45, 2.75) is 6.92 Å². The van der Waals surface area contributed by atoms with Gasteiger partial charge in [-0.05, 0) is 25.1 Å². The highest BCUT2D eigenvalue weighted by atomic mass is 16.5. The number of amides is 1. The van der Waals surface area contributed by atoms with Crippen molar-refractivity contribution in [1.29, 1.82) is 0 Å². The molecule has 1 aromatic rings. The van der Waals surface area contributed by atoms with Gasteiger partial charge in [0.2, 0.25) is 0 Å². The number of rotatable bonds is 4. The van der Waals surface area contributed by atoms with Gasteiger partial charge in [0.1, 0.15) is 12.3 Å². The molecule has 1 aliphatic heterocycles. The number of carboxylic acids is 1. The van der Waals surface area contributed by atoms with E-state index < -0.39 is 24.4 Å². The molecule has 1 N–H and O–H groups in total. The van der Waals surface area contributed by atoms with Crippen LogP contribution in [0.2, 0.25) is 0 Å². The van der Waals surface area contributed by atoms with E-state index in [9.17, 15) is 14.4 Å². The molecule has 0 saturated heterocycles. The lowest BCUT2D eigenvalue weighted by Gasteiger charge is -2.28. The lowest BCUT2D eigenvalue weighted by atomic mass is 10.1. The van der Waals surface area contributed by atoms with Gasteiger partial charge in [0.15, 0.2) is 6.61 Å². The van der Waals surface area contributed by atoms with Crippen molar-refractivity contribution in [1.82, 2.24) is 0 Å². The molecule has 0 bridgehead atoms. The third-order valence-corrected chi connectivity index (χ3v) is 2.71. The summed E-state index contributed by atoms with van der Waals surface area (Å²) in [5, 5.41) is 8.85. The highest BCUT2D eigenvalue weighted by molar-refractivity contribution is 6.02. The molecule has 1 amide bonds. The van der Waals surface area contributed by atoms with E-state index in [2.05, 4.69) is 0 Å². The van der Waals surface area contributed by atoms with Gasteiger partial charge in [-0.1, -0.05) is 0 Å². The van der Waals surface area contributed by atoms with Crippen LogP contribution in [0, 0.1) is 0 Å². The van der Waals surface area contributed by atoms with E-state index in [4.69, 9.17) is 14.6 Å². The van der Waals surface area contributed by atoms with Crippen LogP contribution in [0.3, 0.4) is 0 Å². The number of nitrogens with zero attached hydrogens (tertiary/aromatic N) is 1. The molecule has 106 valence electrons. The van der Waals surface area contributed by atoms with Crippen molar-refractivity contribution in [3.63, 3.8) is 0 Å². The normalized spacial score (nSPS) is 13.4. The first-order chi connectivity index (χ1) is 9.52. The van der Waals surface area contributed by atoms with Crippen molar-refractivity contribution in [3.05, 3.63) is 23.8 Å². The highest BCUT2D eigenvalue weighted by Gasteiger charge is 2.28. The quantitative estimate of drug-likeness (QED) is 0.814. The number of carbonyl (C=O) groups excluding carboxylic acids is 2. The zero-order valence-electron chi connectivity index (χ0n) is 10.8. The van der Waals surface area contributed by atoms with E-state index in [0.29, 0.717) is 5.75 Å². The van der Waals surface area contributed by atoms with Gasteiger partial charge in [-0.2, -0.15) is 0 Å². The van der Waals surface area contributed by atoms with Gasteiger partial charge < -0.3 is 14.6 Å². The number of fused-ring (bicyclic) bond motifs is 1. The summed E-state index contributed by atoms with van der Waals surface area (Å²) in [4.78, 5) is 35.3. The second kappa shape index (κ2) is 5.60. The molecule has 0 unspecified atom stereocenters. The molecule has 20 heavy (non-hydrogen) atoms. The molecule has 0 fully saturated rings. The number of ether oxygens (including phenoxy) is 2. The molecule has 1 aliphatic rings. The third kappa shape index (κ3) is 2.71. The Labute approximate surface area is 114 Å². The summed E-state index contributed by atoms with van der Waals surface area (Å²) in [7, 11) is 0. The summed E-state index contributed by atoms with van der Waals surface area (Å²) in [6.07, 6.45) is 0. The summed E-state index contributed by atoms with van der Waals surface area (Å²) in [6.45, 7) is 1.20. The molecular formula is C13H13NO6. The van der Waals surface area contributed by atoms with Crippen molar-refractivity contribution in [2.24, 2.45) is 0 Å². The second-order valence-corrected chi connectivity index (χ2v) is 4.07. The van der Waals surface area contributed by atoms with Crippen LogP contribution < -0.4 is 9.64 Å². The number of hydrogen-bond acceptors (Lipinski definition) is 5. The van der Waals surface area contributed by atoms with Gasteiger partial charge in [0.25, 0.3) is 5.91 Å². The van der Waals surface area contributed by atoms with Crippen LogP contribution in [-0.2, 0) is 14.3 Å². The fraction of sp³-hybridized carbons (Fsp3) is 0.308. The van der Waals surface area contributed by atoms with Crippen LogP contribution in [0.5, 0.6) is 5.75 Å². The Balaban J connectivity index is 2.38. The van der Waals surface area contributed by atoms with E-state index in [1.54, 1.807) is 6.92 Å². The maximum atomic E-state index is 11.7. The predicted octanol–water partition coefficient (Wildman–Crippen LogP) is 0.673. The average Bonchev–Trinajstić information content (AvgIpc) is 2.41. The van der Waals surface area contributed by atoms with Gasteiger partial charge in [0, 0.05) is 0 Å². The van der Waals surface area contributed by atoms with Crippen LogP contribution in [0.15, 0.2) is 18.2 Å². The summed E-state index contributed by atoms with van der Waals surface area (Å²) in [6, 6.07) is 4.42. The first kappa shape index (κ1) is 13.9.